The minimum Gasteiger partial charge on any atom is -0.444 e. The van der Waals surface area contributed by atoms with Crippen molar-refractivity contribution in [1.29, 1.82) is 0 Å². The molecule has 0 aromatic heterocycles. The van der Waals surface area contributed by atoms with Crippen molar-refractivity contribution in [2.75, 3.05) is 6.54 Å². The molecule has 2 N–H and O–H groups in total. The summed E-state index contributed by atoms with van der Waals surface area (Å²) in [6, 6.07) is 4.06. The number of alkyl carbamates (subject to hydrolysis) is 1. The van der Waals surface area contributed by atoms with Gasteiger partial charge in [-0.2, -0.15) is 0 Å². The smallest absolute Gasteiger partial charge is 0.408 e. The highest BCUT2D eigenvalue weighted by molar-refractivity contribution is 5.92. The number of ether oxygens (including phenoxy) is 1. The molecule has 0 aliphatic rings. The first kappa shape index (κ1) is 34.5. The lowest BCUT2D eigenvalue weighted by Crippen LogP contribution is -2.57. The maximum atomic E-state index is 14.4. The Hall–Kier alpha value is -2.57. The van der Waals surface area contributed by atoms with Crippen LogP contribution in [0.5, 0.6) is 0 Å². The highest BCUT2D eigenvalue weighted by Crippen LogP contribution is 2.29. The van der Waals surface area contributed by atoms with Crippen molar-refractivity contribution in [3.8, 4) is 0 Å². The van der Waals surface area contributed by atoms with Crippen molar-refractivity contribution in [2.24, 2.45) is 11.8 Å². The molecule has 0 saturated heterocycles. The second-order valence-corrected chi connectivity index (χ2v) is 12.7. The molecule has 3 amide bonds. The van der Waals surface area contributed by atoms with Crippen LogP contribution >= 0.6 is 0 Å². The number of nitrogens with one attached hydrogen (secondary N) is 2. The highest BCUT2D eigenvalue weighted by Gasteiger charge is 2.39. The first-order valence-electron chi connectivity index (χ1n) is 14.8. The van der Waals surface area contributed by atoms with Gasteiger partial charge in [-0.05, 0) is 89.3 Å². The summed E-state index contributed by atoms with van der Waals surface area (Å²) >= 11 is 0. The maximum absolute atomic E-state index is 14.4. The predicted octanol–water partition coefficient (Wildman–Crippen LogP) is 6.85. The van der Waals surface area contributed by atoms with Crippen LogP contribution in [0.25, 0.3) is 0 Å². The van der Waals surface area contributed by atoms with E-state index in [2.05, 4.69) is 31.4 Å². The molecule has 1 aromatic carbocycles. The fourth-order valence-electron chi connectivity index (χ4n) is 4.48. The van der Waals surface area contributed by atoms with E-state index in [1.807, 2.05) is 52.8 Å². The van der Waals surface area contributed by atoms with Gasteiger partial charge in [0.15, 0.2) is 0 Å². The van der Waals surface area contributed by atoms with E-state index >= 15 is 0 Å². The molecule has 7 heteroatoms. The zero-order valence-corrected chi connectivity index (χ0v) is 26.4. The normalized spacial score (nSPS) is 14.1. The molecule has 0 heterocycles. The summed E-state index contributed by atoms with van der Waals surface area (Å²) in [5.74, 6) is -0.233. The van der Waals surface area contributed by atoms with Gasteiger partial charge >= 0.3 is 6.09 Å². The van der Waals surface area contributed by atoms with Crippen LogP contribution in [0, 0.1) is 25.7 Å². The topological polar surface area (TPSA) is 87.7 Å². The van der Waals surface area contributed by atoms with Gasteiger partial charge in [-0.25, -0.2) is 4.79 Å². The molecule has 0 fully saturated rings. The number of benzene rings is 1. The first-order valence-corrected chi connectivity index (χ1v) is 14.8. The third-order valence-corrected chi connectivity index (χ3v) is 6.95. The van der Waals surface area contributed by atoms with Crippen LogP contribution in [0.1, 0.15) is 117 Å². The molecule has 39 heavy (non-hydrogen) atoms. The van der Waals surface area contributed by atoms with E-state index in [4.69, 9.17) is 4.74 Å². The van der Waals surface area contributed by atoms with Crippen LogP contribution in [0.3, 0.4) is 0 Å². The second kappa shape index (κ2) is 15.9. The first-order chi connectivity index (χ1) is 18.1. The Morgan fingerprint density at radius 3 is 2.10 bits per heavy atom. The molecule has 3 atom stereocenters. The highest BCUT2D eigenvalue weighted by atomic mass is 16.6. The van der Waals surface area contributed by atoms with Crippen LogP contribution in [-0.2, 0) is 14.3 Å². The van der Waals surface area contributed by atoms with Crippen LogP contribution in [0.2, 0.25) is 0 Å². The summed E-state index contributed by atoms with van der Waals surface area (Å²) in [5, 5.41) is 5.91. The zero-order valence-electron chi connectivity index (χ0n) is 26.4. The van der Waals surface area contributed by atoms with Crippen molar-refractivity contribution in [3.63, 3.8) is 0 Å². The van der Waals surface area contributed by atoms with E-state index in [1.54, 1.807) is 25.7 Å². The van der Waals surface area contributed by atoms with Crippen molar-refractivity contribution >= 4 is 17.9 Å². The van der Waals surface area contributed by atoms with Crippen LogP contribution in [0.15, 0.2) is 18.2 Å². The van der Waals surface area contributed by atoms with Crippen molar-refractivity contribution in [1.82, 2.24) is 15.5 Å². The Kier molecular flexibility index (Phi) is 14.0. The summed E-state index contributed by atoms with van der Waals surface area (Å²) in [5.41, 5.74) is 2.26. The third-order valence-electron chi connectivity index (χ3n) is 6.95. The van der Waals surface area contributed by atoms with E-state index in [0.717, 1.165) is 48.8 Å². The van der Waals surface area contributed by atoms with Gasteiger partial charge in [0.05, 0.1) is 0 Å². The van der Waals surface area contributed by atoms with E-state index in [0.29, 0.717) is 12.5 Å². The number of nitrogens with zero attached hydrogens (tertiary/aromatic N) is 1. The molecule has 3 unspecified atom stereocenters. The standard InChI is InChI=1S/C32H55N3O4/c1-12-13-14-19-33-29(36)28(26-18-16-23(6)24(7)20-26)35(25(8)17-15-21(2)3)30(37)27(22(4)5)34-31(38)39-32(9,10)11/h16,18,20-22,25,27-28H,12-15,17,19H2,1-11H3,(H,33,36)(H,34,38). The molecule has 222 valence electrons. The number of aryl methyl sites for hydroxylation is 2. The summed E-state index contributed by atoms with van der Waals surface area (Å²) in [7, 11) is 0. The second-order valence-electron chi connectivity index (χ2n) is 12.7. The molecule has 0 spiro atoms. The Morgan fingerprint density at radius 1 is 0.949 bits per heavy atom. The number of hydrogen-bond donors (Lipinski definition) is 2. The molecule has 0 aliphatic carbocycles. The fourth-order valence-corrected chi connectivity index (χ4v) is 4.48. The van der Waals surface area contributed by atoms with Gasteiger partial charge in [-0.3, -0.25) is 9.59 Å². The monoisotopic (exact) mass is 545 g/mol. The minimum absolute atomic E-state index is 0.195. The van der Waals surface area contributed by atoms with Gasteiger partial charge in [0.2, 0.25) is 11.8 Å². The Bertz CT molecular complexity index is 936. The minimum atomic E-state index is -0.844. The number of rotatable bonds is 14. The Labute approximate surface area is 237 Å². The van der Waals surface area contributed by atoms with Gasteiger partial charge < -0.3 is 20.3 Å². The summed E-state index contributed by atoms with van der Waals surface area (Å²) < 4.78 is 5.49. The SMILES string of the molecule is CCCCCNC(=O)C(c1ccc(C)c(C)c1)N(C(=O)C(NC(=O)OC(C)(C)C)C(C)C)C(C)CCC(C)C. The summed E-state index contributed by atoms with van der Waals surface area (Å²) in [4.78, 5) is 42.7. The predicted molar refractivity (Wildman–Crippen MR) is 160 cm³/mol. The molecule has 0 bridgehead atoms. The fraction of sp³-hybridized carbons (Fsp3) is 0.719. The average Bonchev–Trinajstić information content (AvgIpc) is 2.82. The number of carbonyl (C=O) groups excluding carboxylic acids is 3. The molecule has 0 radical (unpaired) electrons. The van der Waals surface area contributed by atoms with Crippen LogP contribution in [0.4, 0.5) is 4.79 Å². The number of hydrogen-bond acceptors (Lipinski definition) is 4. The lowest BCUT2D eigenvalue weighted by atomic mass is 9.93. The van der Waals surface area contributed by atoms with Gasteiger partial charge in [-0.15, -0.1) is 0 Å². The quantitative estimate of drug-likeness (QED) is 0.250. The van der Waals surface area contributed by atoms with Crippen molar-refractivity contribution in [3.05, 3.63) is 34.9 Å². The van der Waals surface area contributed by atoms with E-state index < -0.39 is 23.8 Å². The Balaban J connectivity index is 3.59. The zero-order chi connectivity index (χ0) is 29.9. The number of carbonyl (C=O) groups is 3. The van der Waals surface area contributed by atoms with Gasteiger partial charge in [0, 0.05) is 12.6 Å². The van der Waals surface area contributed by atoms with Gasteiger partial charge in [0.25, 0.3) is 0 Å². The molecular weight excluding hydrogens is 490 g/mol. The van der Waals surface area contributed by atoms with Crippen molar-refractivity contribution < 1.29 is 19.1 Å². The summed E-state index contributed by atoms with van der Waals surface area (Å²) in [6.07, 6.45) is 3.97. The molecule has 0 saturated carbocycles. The lowest BCUT2D eigenvalue weighted by Gasteiger charge is -2.39. The lowest BCUT2D eigenvalue weighted by molar-refractivity contribution is -0.146. The molecule has 1 aromatic rings. The largest absolute Gasteiger partial charge is 0.444 e. The van der Waals surface area contributed by atoms with E-state index in [1.165, 1.54) is 0 Å². The average molecular weight is 546 g/mol. The number of amides is 3. The molecule has 0 aliphatic heterocycles. The van der Waals surface area contributed by atoms with E-state index in [9.17, 15) is 14.4 Å². The maximum Gasteiger partial charge on any atom is 0.408 e. The summed E-state index contributed by atoms with van der Waals surface area (Å²) in [6.45, 7) is 22.2. The molecule has 1 rings (SSSR count). The molecule has 7 nitrogen and oxygen atoms in total. The number of unbranched alkanes of at least 4 members (excludes halogenated alkanes) is 2. The van der Waals surface area contributed by atoms with Crippen LogP contribution < -0.4 is 10.6 Å². The van der Waals surface area contributed by atoms with Crippen molar-refractivity contribution in [2.45, 2.75) is 132 Å². The Morgan fingerprint density at radius 2 is 1.59 bits per heavy atom. The van der Waals surface area contributed by atoms with E-state index in [-0.39, 0.29) is 23.8 Å². The molecular formula is C32H55N3O4. The van der Waals surface area contributed by atoms with Crippen LogP contribution in [-0.4, -0.2) is 47.0 Å². The van der Waals surface area contributed by atoms with Gasteiger partial charge in [0.1, 0.15) is 17.7 Å². The van der Waals surface area contributed by atoms with Gasteiger partial charge in [-0.1, -0.05) is 65.7 Å². The third kappa shape index (κ3) is 11.6.